The number of aryl methyl sites for hydroxylation is 1. The van der Waals surface area contributed by atoms with Gasteiger partial charge in [-0.3, -0.25) is 9.88 Å². The van der Waals surface area contributed by atoms with Crippen LogP contribution in [0.5, 0.6) is 0 Å². The van der Waals surface area contributed by atoms with Crippen LogP contribution in [0.25, 0.3) is 11.0 Å². The molecule has 3 aliphatic rings. The number of nitrogens with zero attached hydrogens (tertiary/aromatic N) is 3. The number of nitrogens with one attached hydrogen (secondary N) is 3. The monoisotopic (exact) mass is 506 g/mol. The minimum Gasteiger partial charge on any atom is -0.341 e. The number of fused-ring (bicyclic) bond motifs is 2. The highest BCUT2D eigenvalue weighted by Gasteiger charge is 2.29. The Balaban J connectivity index is 1.20. The fourth-order valence-electron chi connectivity index (χ4n) is 5.91. The molecule has 2 saturated carbocycles. The van der Waals surface area contributed by atoms with E-state index in [-0.39, 0.29) is 6.04 Å². The summed E-state index contributed by atoms with van der Waals surface area (Å²) in [6.07, 6.45) is 10.7. The fraction of sp³-hybridized carbons (Fsp3) is 0.438. The lowest BCUT2D eigenvalue weighted by Crippen LogP contribution is -2.32. The Labute approximate surface area is 225 Å². The second-order valence-corrected chi connectivity index (χ2v) is 11.5. The molecular weight excluding hydrogens is 468 g/mol. The number of rotatable bonds is 11. The second kappa shape index (κ2) is 10.6. The minimum absolute atomic E-state index is 0.286. The molecule has 1 unspecified atom stereocenters. The lowest BCUT2D eigenvalue weighted by Gasteiger charge is -2.35. The molecule has 0 bridgehead atoms. The molecule has 7 rings (SSSR count). The summed E-state index contributed by atoms with van der Waals surface area (Å²) in [6, 6.07) is 21.5. The lowest BCUT2D eigenvalue weighted by atomic mass is 9.90. The maximum atomic E-state index is 4.96. The first-order valence-electron chi connectivity index (χ1n) is 14.5. The quantitative estimate of drug-likeness (QED) is 0.249. The predicted octanol–water partition coefficient (Wildman–Crippen LogP) is 5.54. The zero-order chi connectivity index (χ0) is 25.3. The lowest BCUT2D eigenvalue weighted by molar-refractivity contribution is 0.153. The highest BCUT2D eigenvalue weighted by Crippen LogP contribution is 2.35. The molecular formula is C32H38N6. The van der Waals surface area contributed by atoms with E-state index in [1.54, 1.807) is 0 Å². The zero-order valence-electron chi connectivity index (χ0n) is 22.1. The van der Waals surface area contributed by atoms with Crippen LogP contribution in [0, 0.1) is 0 Å². The van der Waals surface area contributed by atoms with Gasteiger partial charge in [0.05, 0.1) is 29.3 Å². The molecule has 6 heteroatoms. The third kappa shape index (κ3) is 5.53. The summed E-state index contributed by atoms with van der Waals surface area (Å²) in [7, 11) is 0. The van der Waals surface area contributed by atoms with Gasteiger partial charge in [0.2, 0.25) is 0 Å². The van der Waals surface area contributed by atoms with Crippen molar-refractivity contribution in [1.82, 2.24) is 30.5 Å². The van der Waals surface area contributed by atoms with Crippen molar-refractivity contribution in [2.75, 3.05) is 0 Å². The Hall–Kier alpha value is -3.06. The predicted molar refractivity (Wildman–Crippen MR) is 151 cm³/mol. The molecule has 0 spiro atoms. The van der Waals surface area contributed by atoms with Crippen molar-refractivity contribution >= 4 is 11.0 Å². The third-order valence-corrected chi connectivity index (χ3v) is 8.37. The van der Waals surface area contributed by atoms with Crippen LogP contribution in [0.3, 0.4) is 0 Å². The molecule has 2 heterocycles. The molecule has 196 valence electrons. The van der Waals surface area contributed by atoms with Gasteiger partial charge in [0, 0.05) is 37.9 Å². The van der Waals surface area contributed by atoms with Gasteiger partial charge in [0.15, 0.2) is 0 Å². The van der Waals surface area contributed by atoms with Crippen molar-refractivity contribution in [2.24, 2.45) is 0 Å². The number of aromatic amines is 1. The molecule has 38 heavy (non-hydrogen) atoms. The number of pyridine rings is 1. The van der Waals surface area contributed by atoms with E-state index in [0.717, 1.165) is 61.9 Å². The Morgan fingerprint density at radius 2 is 1.68 bits per heavy atom. The molecule has 3 N–H and O–H groups in total. The molecule has 2 aromatic heterocycles. The maximum Gasteiger partial charge on any atom is 0.121 e. The first-order valence-corrected chi connectivity index (χ1v) is 14.5. The smallest absolute Gasteiger partial charge is 0.121 e. The van der Waals surface area contributed by atoms with Crippen molar-refractivity contribution in [3.05, 3.63) is 94.6 Å². The van der Waals surface area contributed by atoms with Gasteiger partial charge in [-0.25, -0.2) is 4.98 Å². The summed E-state index contributed by atoms with van der Waals surface area (Å²) in [5.41, 5.74) is 9.01. The van der Waals surface area contributed by atoms with Crippen LogP contribution < -0.4 is 10.6 Å². The van der Waals surface area contributed by atoms with Gasteiger partial charge in [0.25, 0.3) is 0 Å². The first-order chi connectivity index (χ1) is 18.8. The average molecular weight is 507 g/mol. The Bertz CT molecular complexity index is 1370. The summed E-state index contributed by atoms with van der Waals surface area (Å²) < 4.78 is 0. The number of H-pyrrole nitrogens is 1. The SMILES string of the molecule is c1cnc2c(c1)CCCC2N(Cc1nc2ccccc2[nH]1)Cc1ccc(CNC2CC2)cc1CNC1CC1. The minimum atomic E-state index is 0.286. The van der Waals surface area contributed by atoms with E-state index in [9.17, 15) is 0 Å². The van der Waals surface area contributed by atoms with Gasteiger partial charge < -0.3 is 15.6 Å². The van der Waals surface area contributed by atoms with E-state index < -0.39 is 0 Å². The van der Waals surface area contributed by atoms with Crippen LogP contribution in [0.1, 0.15) is 78.3 Å². The molecule has 1 atom stereocenters. The molecule has 0 radical (unpaired) electrons. The van der Waals surface area contributed by atoms with Crippen molar-refractivity contribution in [2.45, 2.75) is 89.3 Å². The summed E-state index contributed by atoms with van der Waals surface area (Å²) in [5, 5.41) is 7.48. The van der Waals surface area contributed by atoms with Crippen LogP contribution in [-0.2, 0) is 32.6 Å². The van der Waals surface area contributed by atoms with E-state index >= 15 is 0 Å². The van der Waals surface area contributed by atoms with Gasteiger partial charge in [-0.15, -0.1) is 0 Å². The molecule has 4 aromatic rings. The topological polar surface area (TPSA) is 68.9 Å². The summed E-state index contributed by atoms with van der Waals surface area (Å²) in [4.78, 5) is 16.1. The van der Waals surface area contributed by atoms with Crippen molar-refractivity contribution in [1.29, 1.82) is 0 Å². The third-order valence-electron chi connectivity index (χ3n) is 8.37. The van der Waals surface area contributed by atoms with E-state index in [1.165, 1.54) is 60.1 Å². The molecule has 2 aromatic carbocycles. The largest absolute Gasteiger partial charge is 0.341 e. The Morgan fingerprint density at radius 3 is 2.53 bits per heavy atom. The number of para-hydroxylation sites is 2. The second-order valence-electron chi connectivity index (χ2n) is 11.5. The van der Waals surface area contributed by atoms with Gasteiger partial charge in [-0.05, 0) is 85.4 Å². The van der Waals surface area contributed by atoms with Gasteiger partial charge in [-0.2, -0.15) is 0 Å². The van der Waals surface area contributed by atoms with Crippen molar-refractivity contribution < 1.29 is 0 Å². The highest BCUT2D eigenvalue weighted by molar-refractivity contribution is 5.74. The number of aromatic nitrogens is 3. The molecule has 3 aliphatic carbocycles. The fourth-order valence-corrected chi connectivity index (χ4v) is 5.91. The van der Waals surface area contributed by atoms with Gasteiger partial charge in [-0.1, -0.05) is 36.4 Å². The van der Waals surface area contributed by atoms with Crippen molar-refractivity contribution in [3.8, 4) is 0 Å². The standard InChI is InChI=1S/C32H38N6/c1-2-8-29-28(7-1)36-31(37-29)21-38(30-9-3-5-23-6-4-16-33-32(23)30)20-24-11-10-22(18-34-26-12-13-26)17-25(24)19-35-27-14-15-27/h1-2,4,6-8,10-11,16-17,26-27,30,34-35H,3,5,9,12-15,18-21H2,(H,36,37). The molecule has 0 saturated heterocycles. The normalized spacial score (nSPS) is 19.2. The van der Waals surface area contributed by atoms with Crippen LogP contribution in [-0.4, -0.2) is 31.9 Å². The van der Waals surface area contributed by atoms with Crippen LogP contribution in [0.15, 0.2) is 60.8 Å². The summed E-state index contributed by atoms with van der Waals surface area (Å²) >= 11 is 0. The summed E-state index contributed by atoms with van der Waals surface area (Å²) in [6.45, 7) is 3.56. The van der Waals surface area contributed by atoms with Crippen LogP contribution >= 0.6 is 0 Å². The average Bonchev–Trinajstić information content (AvgIpc) is 3.89. The molecule has 2 fully saturated rings. The van der Waals surface area contributed by atoms with E-state index in [2.05, 4.69) is 75.1 Å². The highest BCUT2D eigenvalue weighted by atomic mass is 15.2. The van der Waals surface area contributed by atoms with E-state index in [0.29, 0.717) is 6.04 Å². The van der Waals surface area contributed by atoms with Gasteiger partial charge in [0.1, 0.15) is 5.82 Å². The zero-order valence-corrected chi connectivity index (χ0v) is 22.1. The number of hydrogen-bond donors (Lipinski definition) is 3. The van der Waals surface area contributed by atoms with E-state index in [4.69, 9.17) is 9.97 Å². The Kier molecular flexibility index (Phi) is 6.70. The Morgan fingerprint density at radius 1 is 0.842 bits per heavy atom. The maximum absolute atomic E-state index is 4.96. The van der Waals surface area contributed by atoms with Crippen molar-refractivity contribution in [3.63, 3.8) is 0 Å². The molecule has 0 amide bonds. The van der Waals surface area contributed by atoms with Gasteiger partial charge >= 0.3 is 0 Å². The molecule has 6 nitrogen and oxygen atoms in total. The summed E-state index contributed by atoms with van der Waals surface area (Å²) in [5.74, 6) is 1.03. The van der Waals surface area contributed by atoms with Crippen LogP contribution in [0.2, 0.25) is 0 Å². The molecule has 0 aliphatic heterocycles. The first kappa shape index (κ1) is 24.0. The number of benzene rings is 2. The number of imidazole rings is 1. The number of hydrogen-bond acceptors (Lipinski definition) is 5. The van der Waals surface area contributed by atoms with Crippen LogP contribution in [0.4, 0.5) is 0 Å². The van der Waals surface area contributed by atoms with E-state index in [1.807, 2.05) is 6.20 Å².